The second-order valence-corrected chi connectivity index (χ2v) is 5.34. The molecule has 0 saturated heterocycles. The summed E-state index contributed by atoms with van der Waals surface area (Å²) in [5.41, 5.74) is 2.60. The van der Waals surface area contributed by atoms with Gasteiger partial charge in [-0.05, 0) is 44.9 Å². The zero-order valence-corrected chi connectivity index (χ0v) is 11.9. The Morgan fingerprint density at radius 1 is 1.12 bits per heavy atom. The zero-order chi connectivity index (χ0) is 12.8. The Morgan fingerprint density at radius 3 is 2.18 bits per heavy atom. The van der Waals surface area contributed by atoms with Crippen molar-refractivity contribution in [3.63, 3.8) is 0 Å². The van der Waals surface area contributed by atoms with Crippen LogP contribution in [0.5, 0.6) is 0 Å². The molecule has 1 saturated carbocycles. The van der Waals surface area contributed by atoms with Crippen LogP contribution in [-0.2, 0) is 0 Å². The molecule has 0 aromatic rings. The molecule has 1 fully saturated rings. The summed E-state index contributed by atoms with van der Waals surface area (Å²) >= 11 is 0. The Bertz CT molecular complexity index is 282. The van der Waals surface area contributed by atoms with Crippen molar-refractivity contribution in [2.24, 2.45) is 16.1 Å². The molecule has 0 aromatic heterocycles. The summed E-state index contributed by atoms with van der Waals surface area (Å²) < 4.78 is 0. The second kappa shape index (κ2) is 6.62. The molecule has 1 rings (SSSR count). The summed E-state index contributed by atoms with van der Waals surface area (Å²) in [4.78, 5) is 0. The van der Waals surface area contributed by atoms with Gasteiger partial charge in [-0.1, -0.05) is 0 Å². The number of hydrazone groups is 2. The average molecular weight is 238 g/mol. The molecular weight excluding hydrogens is 212 g/mol. The van der Waals surface area contributed by atoms with Gasteiger partial charge in [-0.3, -0.25) is 0 Å². The molecule has 4 nitrogen and oxygen atoms in total. The van der Waals surface area contributed by atoms with Crippen LogP contribution in [0, 0.1) is 5.92 Å². The third kappa shape index (κ3) is 5.71. The lowest BCUT2D eigenvalue weighted by atomic mass is 9.85. The highest BCUT2D eigenvalue weighted by Crippen LogP contribution is 2.25. The Balaban J connectivity index is 2.37. The molecule has 0 amide bonds. The van der Waals surface area contributed by atoms with Gasteiger partial charge in [-0.25, -0.2) is 0 Å². The molecule has 0 radical (unpaired) electrons. The van der Waals surface area contributed by atoms with Crippen LogP contribution in [0.4, 0.5) is 0 Å². The molecule has 98 valence electrons. The topological polar surface area (TPSA) is 31.2 Å². The largest absolute Gasteiger partial charge is 0.303 e. The summed E-state index contributed by atoms with van der Waals surface area (Å²) in [5, 5.41) is 12.8. The number of hydrogen-bond donors (Lipinski definition) is 0. The molecule has 4 heteroatoms. The van der Waals surface area contributed by atoms with Crippen molar-refractivity contribution in [2.75, 3.05) is 28.2 Å². The van der Waals surface area contributed by atoms with E-state index in [0.717, 1.165) is 25.2 Å². The van der Waals surface area contributed by atoms with Gasteiger partial charge in [0.2, 0.25) is 0 Å². The monoisotopic (exact) mass is 238 g/mol. The van der Waals surface area contributed by atoms with Crippen LogP contribution in [0.3, 0.4) is 0 Å². The van der Waals surface area contributed by atoms with Crippen LogP contribution in [0.15, 0.2) is 10.2 Å². The van der Waals surface area contributed by atoms with E-state index < -0.39 is 0 Å². The minimum Gasteiger partial charge on any atom is -0.303 e. The van der Waals surface area contributed by atoms with E-state index in [2.05, 4.69) is 17.1 Å². The summed E-state index contributed by atoms with van der Waals surface area (Å²) in [7, 11) is 7.94. The van der Waals surface area contributed by atoms with Crippen LogP contribution >= 0.6 is 0 Å². The standard InChI is InChI=1S/C13H26N4/c1-11(14-16(2)3)10-12-6-8-13(9-7-12)15-17(4)5/h12H,6-10H2,1-5H3. The molecule has 0 bridgehead atoms. The molecular formula is C13H26N4. The van der Waals surface area contributed by atoms with E-state index in [1.807, 2.05) is 38.2 Å². The van der Waals surface area contributed by atoms with Crippen molar-refractivity contribution in [2.45, 2.75) is 39.0 Å². The van der Waals surface area contributed by atoms with Crippen LogP contribution in [0.2, 0.25) is 0 Å². The second-order valence-electron chi connectivity index (χ2n) is 5.34. The fraction of sp³-hybridized carbons (Fsp3) is 0.846. The van der Waals surface area contributed by atoms with Crippen LogP contribution in [0.25, 0.3) is 0 Å². The third-order valence-corrected chi connectivity index (χ3v) is 2.98. The average Bonchev–Trinajstić information content (AvgIpc) is 2.18. The maximum Gasteiger partial charge on any atom is 0.0380 e. The van der Waals surface area contributed by atoms with E-state index in [1.165, 1.54) is 24.3 Å². The van der Waals surface area contributed by atoms with E-state index >= 15 is 0 Å². The van der Waals surface area contributed by atoms with Gasteiger partial charge in [0.25, 0.3) is 0 Å². The van der Waals surface area contributed by atoms with Crippen LogP contribution in [-0.4, -0.2) is 49.6 Å². The van der Waals surface area contributed by atoms with Gasteiger partial charge in [0.05, 0.1) is 0 Å². The first-order valence-electron chi connectivity index (χ1n) is 6.42. The molecule has 0 N–H and O–H groups in total. The first-order valence-corrected chi connectivity index (χ1v) is 6.42. The van der Waals surface area contributed by atoms with Crippen molar-refractivity contribution in [3.05, 3.63) is 0 Å². The van der Waals surface area contributed by atoms with Gasteiger partial charge >= 0.3 is 0 Å². The smallest absolute Gasteiger partial charge is 0.0380 e. The number of rotatable bonds is 4. The van der Waals surface area contributed by atoms with Crippen molar-refractivity contribution in [1.29, 1.82) is 0 Å². The van der Waals surface area contributed by atoms with Crippen LogP contribution in [0.1, 0.15) is 39.0 Å². The summed E-state index contributed by atoms with van der Waals surface area (Å²) in [6, 6.07) is 0. The summed E-state index contributed by atoms with van der Waals surface area (Å²) in [5.74, 6) is 0.791. The summed E-state index contributed by atoms with van der Waals surface area (Å²) in [6.07, 6.45) is 5.95. The SMILES string of the molecule is CC(CC1CCC(=NN(C)C)CC1)=NN(C)C. The highest BCUT2D eigenvalue weighted by Gasteiger charge is 2.18. The van der Waals surface area contributed by atoms with E-state index in [0.29, 0.717) is 0 Å². The van der Waals surface area contributed by atoms with Gasteiger partial charge in [-0.15, -0.1) is 0 Å². The quantitative estimate of drug-likeness (QED) is 0.556. The lowest BCUT2D eigenvalue weighted by molar-refractivity contribution is 0.407. The van der Waals surface area contributed by atoms with Gasteiger partial charge in [0.1, 0.15) is 0 Å². The Hall–Kier alpha value is -1.06. The highest BCUT2D eigenvalue weighted by atomic mass is 15.4. The Labute approximate surface area is 105 Å². The van der Waals surface area contributed by atoms with Gasteiger partial charge < -0.3 is 10.0 Å². The van der Waals surface area contributed by atoms with Crippen molar-refractivity contribution < 1.29 is 0 Å². The third-order valence-electron chi connectivity index (χ3n) is 2.98. The molecule has 0 unspecified atom stereocenters. The lowest BCUT2D eigenvalue weighted by Gasteiger charge is -2.24. The zero-order valence-electron chi connectivity index (χ0n) is 11.9. The maximum absolute atomic E-state index is 4.51. The molecule has 0 atom stereocenters. The molecule has 0 aliphatic heterocycles. The molecule has 0 aromatic carbocycles. The first-order chi connectivity index (χ1) is 7.97. The predicted molar refractivity (Wildman–Crippen MR) is 74.5 cm³/mol. The number of nitrogens with zero attached hydrogens (tertiary/aromatic N) is 4. The Morgan fingerprint density at radius 2 is 1.71 bits per heavy atom. The van der Waals surface area contributed by atoms with Crippen molar-refractivity contribution in [3.8, 4) is 0 Å². The fourth-order valence-corrected chi connectivity index (χ4v) is 2.40. The van der Waals surface area contributed by atoms with E-state index in [-0.39, 0.29) is 0 Å². The van der Waals surface area contributed by atoms with E-state index in [9.17, 15) is 0 Å². The molecule has 1 aliphatic rings. The minimum atomic E-state index is 0.791. The molecule has 0 spiro atoms. The highest BCUT2D eigenvalue weighted by molar-refractivity contribution is 5.85. The predicted octanol–water partition coefficient (Wildman–Crippen LogP) is 2.42. The van der Waals surface area contributed by atoms with Gasteiger partial charge in [-0.2, -0.15) is 10.2 Å². The normalized spacial score (nSPS) is 21.4. The van der Waals surface area contributed by atoms with Crippen LogP contribution < -0.4 is 0 Å². The minimum absolute atomic E-state index is 0.791. The van der Waals surface area contributed by atoms with E-state index in [1.54, 1.807) is 0 Å². The molecule has 17 heavy (non-hydrogen) atoms. The van der Waals surface area contributed by atoms with Crippen molar-refractivity contribution >= 4 is 11.4 Å². The van der Waals surface area contributed by atoms with Crippen molar-refractivity contribution in [1.82, 2.24) is 10.0 Å². The van der Waals surface area contributed by atoms with Gasteiger partial charge in [0, 0.05) is 39.6 Å². The molecule has 0 heterocycles. The first kappa shape index (κ1) is 14.0. The summed E-state index contributed by atoms with van der Waals surface area (Å²) in [6.45, 7) is 2.13. The van der Waals surface area contributed by atoms with E-state index in [4.69, 9.17) is 0 Å². The fourth-order valence-electron chi connectivity index (χ4n) is 2.40. The maximum atomic E-state index is 4.51. The lowest BCUT2D eigenvalue weighted by Crippen LogP contribution is -2.19. The number of hydrogen-bond acceptors (Lipinski definition) is 4. The Kier molecular flexibility index (Phi) is 5.45. The van der Waals surface area contributed by atoms with Gasteiger partial charge in [0.15, 0.2) is 0 Å². The molecule has 1 aliphatic carbocycles.